The largest absolute Gasteiger partial charge is 0.338 e. The van der Waals surface area contributed by atoms with E-state index < -0.39 is 0 Å². The molecule has 2 aromatic carbocycles. The number of aryl methyl sites for hydroxylation is 1. The number of aromatic nitrogens is 1. The van der Waals surface area contributed by atoms with Crippen LogP contribution >= 0.6 is 11.3 Å². The maximum atomic E-state index is 13.3. The number of carbonyl (C=O) groups excluding carboxylic acids is 3. The summed E-state index contributed by atoms with van der Waals surface area (Å²) in [5.41, 5.74) is 1.47. The Hall–Kier alpha value is -3.06. The number of carbonyl (C=O) groups is 3. The van der Waals surface area contributed by atoms with Crippen molar-refractivity contribution in [2.24, 2.45) is 5.92 Å². The summed E-state index contributed by atoms with van der Waals surface area (Å²) in [4.78, 5) is 45.1. The molecule has 6 nitrogen and oxygen atoms in total. The first-order chi connectivity index (χ1) is 15.1. The van der Waals surface area contributed by atoms with Crippen LogP contribution in [-0.2, 0) is 11.2 Å². The molecule has 0 saturated carbocycles. The molecule has 158 valence electrons. The molecule has 0 unspecified atom stereocenters. The molecule has 1 aliphatic heterocycles. The van der Waals surface area contributed by atoms with Gasteiger partial charge in [-0.3, -0.25) is 14.4 Å². The number of thiazole rings is 1. The van der Waals surface area contributed by atoms with E-state index in [0.29, 0.717) is 35.1 Å². The first-order valence-electron chi connectivity index (χ1n) is 10.7. The molecule has 2 heterocycles. The molecule has 2 amide bonds. The Balaban J connectivity index is 1.30. The molecule has 1 saturated heterocycles. The number of piperidine rings is 1. The predicted octanol–water partition coefficient (Wildman–Crippen LogP) is 4.31. The summed E-state index contributed by atoms with van der Waals surface area (Å²) in [5.74, 6) is -0.341. The van der Waals surface area contributed by atoms with Gasteiger partial charge in [-0.1, -0.05) is 47.7 Å². The predicted molar refractivity (Wildman–Crippen MR) is 121 cm³/mol. The molecule has 1 atom stereocenters. The van der Waals surface area contributed by atoms with Gasteiger partial charge in [0.1, 0.15) is 0 Å². The van der Waals surface area contributed by atoms with Crippen molar-refractivity contribution in [2.45, 2.75) is 32.1 Å². The third kappa shape index (κ3) is 3.85. The average Bonchev–Trinajstić information content (AvgIpc) is 3.22. The van der Waals surface area contributed by atoms with Crippen LogP contribution < -0.4 is 5.32 Å². The molecule has 1 aliphatic carbocycles. The molecule has 2 aliphatic rings. The fourth-order valence-electron chi connectivity index (χ4n) is 4.49. The lowest BCUT2D eigenvalue weighted by molar-refractivity contribution is -0.121. The molecule has 31 heavy (non-hydrogen) atoms. The Morgan fingerprint density at radius 1 is 1.06 bits per heavy atom. The van der Waals surface area contributed by atoms with Crippen molar-refractivity contribution in [1.82, 2.24) is 9.88 Å². The second kappa shape index (κ2) is 8.23. The second-order valence-corrected chi connectivity index (χ2v) is 9.18. The van der Waals surface area contributed by atoms with Crippen molar-refractivity contribution < 1.29 is 14.4 Å². The van der Waals surface area contributed by atoms with Crippen LogP contribution in [0.3, 0.4) is 0 Å². The van der Waals surface area contributed by atoms with Gasteiger partial charge >= 0.3 is 0 Å². The van der Waals surface area contributed by atoms with E-state index in [1.807, 2.05) is 42.5 Å². The van der Waals surface area contributed by atoms with Gasteiger partial charge in [0.25, 0.3) is 5.91 Å². The van der Waals surface area contributed by atoms with Gasteiger partial charge in [0.05, 0.1) is 16.5 Å². The lowest BCUT2D eigenvalue weighted by atomic mass is 9.95. The van der Waals surface area contributed by atoms with E-state index in [2.05, 4.69) is 10.3 Å². The summed E-state index contributed by atoms with van der Waals surface area (Å²) in [6.45, 7) is 1.03. The number of hydrogen-bond acceptors (Lipinski definition) is 5. The number of Topliss-reactive ketones (excluding diaryl/α,β-unsaturated/α-hetero) is 1. The van der Waals surface area contributed by atoms with Crippen LogP contribution in [0.4, 0.5) is 5.13 Å². The van der Waals surface area contributed by atoms with E-state index in [-0.39, 0.29) is 23.5 Å². The van der Waals surface area contributed by atoms with Crippen LogP contribution in [0.2, 0.25) is 0 Å². The SMILES string of the molecule is O=C1CCCc2nc(NC(=O)[C@H]3CCCN(C(=O)c4cccc5ccccc45)C3)sc21. The molecule has 0 bridgehead atoms. The minimum Gasteiger partial charge on any atom is -0.338 e. The number of anilines is 1. The Bertz CT molecular complexity index is 1180. The average molecular weight is 434 g/mol. The first-order valence-corrected chi connectivity index (χ1v) is 11.5. The van der Waals surface area contributed by atoms with Crippen LogP contribution in [0.1, 0.15) is 51.4 Å². The van der Waals surface area contributed by atoms with Crippen LogP contribution in [0, 0.1) is 5.92 Å². The third-order valence-corrected chi connectivity index (χ3v) is 7.15. The molecule has 1 fully saturated rings. The number of hydrogen-bond donors (Lipinski definition) is 1. The van der Waals surface area contributed by atoms with E-state index in [4.69, 9.17) is 0 Å². The minimum atomic E-state index is -0.288. The van der Waals surface area contributed by atoms with Crippen LogP contribution in [0.25, 0.3) is 10.8 Å². The number of fused-ring (bicyclic) bond motifs is 2. The Kier molecular flexibility index (Phi) is 5.28. The molecule has 3 aromatic rings. The summed E-state index contributed by atoms with van der Waals surface area (Å²) < 4.78 is 0. The van der Waals surface area contributed by atoms with Crippen molar-refractivity contribution in [1.29, 1.82) is 0 Å². The molecule has 0 spiro atoms. The molecule has 1 aromatic heterocycles. The zero-order valence-corrected chi connectivity index (χ0v) is 17.9. The molecule has 1 N–H and O–H groups in total. The van der Waals surface area contributed by atoms with Gasteiger partial charge in [-0.25, -0.2) is 4.98 Å². The highest BCUT2D eigenvalue weighted by Crippen LogP contribution is 2.30. The quantitative estimate of drug-likeness (QED) is 0.668. The highest BCUT2D eigenvalue weighted by Gasteiger charge is 2.30. The number of nitrogens with one attached hydrogen (secondary N) is 1. The number of ketones is 1. The van der Waals surface area contributed by atoms with Gasteiger partial charge in [-0.05, 0) is 42.5 Å². The lowest BCUT2D eigenvalue weighted by Crippen LogP contribution is -2.43. The molecule has 5 rings (SSSR count). The van der Waals surface area contributed by atoms with Crippen molar-refractivity contribution in [2.75, 3.05) is 18.4 Å². The van der Waals surface area contributed by atoms with Gasteiger partial charge in [-0.2, -0.15) is 0 Å². The zero-order chi connectivity index (χ0) is 21.4. The minimum absolute atomic E-state index is 0.0374. The van der Waals surface area contributed by atoms with Crippen LogP contribution in [0.5, 0.6) is 0 Å². The first kappa shape index (κ1) is 19.9. The second-order valence-electron chi connectivity index (χ2n) is 8.18. The van der Waals surface area contributed by atoms with E-state index in [1.54, 1.807) is 4.90 Å². The Labute approximate surface area is 184 Å². The maximum Gasteiger partial charge on any atom is 0.254 e. The lowest BCUT2D eigenvalue weighted by Gasteiger charge is -2.32. The van der Waals surface area contributed by atoms with Crippen molar-refractivity contribution >= 4 is 44.8 Å². The standard InChI is InChI=1S/C24H23N3O3S/c28-20-12-4-11-19-21(20)31-24(25-19)26-22(29)16-8-5-13-27(14-16)23(30)18-10-3-7-15-6-1-2-9-17(15)18/h1-3,6-7,9-10,16H,4-5,8,11-14H2,(H,25,26,29)/t16-/m0/s1. The van der Waals surface area contributed by atoms with Gasteiger partial charge in [0, 0.05) is 25.1 Å². The monoisotopic (exact) mass is 433 g/mol. The van der Waals surface area contributed by atoms with Gasteiger partial charge < -0.3 is 10.2 Å². The summed E-state index contributed by atoms with van der Waals surface area (Å²) in [6.07, 6.45) is 3.66. The summed E-state index contributed by atoms with van der Waals surface area (Å²) in [5, 5.41) is 5.34. The fraction of sp³-hybridized carbons (Fsp3) is 0.333. The van der Waals surface area contributed by atoms with E-state index in [1.165, 1.54) is 11.3 Å². The maximum absolute atomic E-state index is 13.3. The molecular weight excluding hydrogens is 410 g/mol. The molecular formula is C24H23N3O3S. The Morgan fingerprint density at radius 3 is 2.77 bits per heavy atom. The van der Waals surface area contributed by atoms with Gasteiger partial charge in [0.15, 0.2) is 10.9 Å². The van der Waals surface area contributed by atoms with E-state index in [9.17, 15) is 14.4 Å². The van der Waals surface area contributed by atoms with Crippen molar-refractivity contribution in [3.05, 3.63) is 58.6 Å². The van der Waals surface area contributed by atoms with Crippen molar-refractivity contribution in [3.8, 4) is 0 Å². The van der Waals surface area contributed by atoms with Gasteiger partial charge in [-0.15, -0.1) is 0 Å². The number of nitrogens with zero attached hydrogens (tertiary/aromatic N) is 2. The number of benzene rings is 2. The Morgan fingerprint density at radius 2 is 1.90 bits per heavy atom. The number of likely N-dealkylation sites (tertiary alicyclic amines) is 1. The summed E-state index contributed by atoms with van der Waals surface area (Å²) in [6, 6.07) is 13.6. The van der Waals surface area contributed by atoms with Crippen LogP contribution in [-0.4, -0.2) is 40.6 Å². The van der Waals surface area contributed by atoms with Crippen molar-refractivity contribution in [3.63, 3.8) is 0 Å². The van der Waals surface area contributed by atoms with Gasteiger partial charge in [0.2, 0.25) is 5.91 Å². The zero-order valence-electron chi connectivity index (χ0n) is 17.1. The highest BCUT2D eigenvalue weighted by atomic mass is 32.1. The van der Waals surface area contributed by atoms with E-state index >= 15 is 0 Å². The highest BCUT2D eigenvalue weighted by molar-refractivity contribution is 7.17. The summed E-state index contributed by atoms with van der Waals surface area (Å²) in [7, 11) is 0. The topological polar surface area (TPSA) is 79.4 Å². The smallest absolute Gasteiger partial charge is 0.254 e. The number of amides is 2. The molecule has 7 heteroatoms. The molecule has 0 radical (unpaired) electrons. The van der Waals surface area contributed by atoms with Crippen LogP contribution in [0.15, 0.2) is 42.5 Å². The van der Waals surface area contributed by atoms with E-state index in [0.717, 1.165) is 42.1 Å². The number of rotatable bonds is 3. The normalized spacial score (nSPS) is 18.6. The summed E-state index contributed by atoms with van der Waals surface area (Å²) >= 11 is 1.27. The fourth-order valence-corrected chi connectivity index (χ4v) is 5.47. The third-order valence-electron chi connectivity index (χ3n) is 6.10.